The molecule has 0 unspecified atom stereocenters. The number of anilines is 2. The highest BCUT2D eigenvalue weighted by molar-refractivity contribution is 7.09. The monoisotopic (exact) mass is 518 g/mol. The minimum absolute atomic E-state index is 0.0303. The molecule has 2 aromatic carbocycles. The largest absolute Gasteiger partial charge is 0.395 e. The van der Waals surface area contributed by atoms with E-state index in [2.05, 4.69) is 14.7 Å². The number of fused-ring (bicyclic) bond motifs is 1. The van der Waals surface area contributed by atoms with Crippen LogP contribution in [-0.2, 0) is 4.79 Å². The van der Waals surface area contributed by atoms with Crippen LogP contribution in [0.2, 0.25) is 0 Å². The molecule has 0 saturated carbocycles. The third-order valence-corrected chi connectivity index (χ3v) is 7.27. The maximum absolute atomic E-state index is 14.2. The first-order chi connectivity index (χ1) is 17.5. The number of nitrogens with zero attached hydrogens (tertiary/aromatic N) is 2. The fourth-order valence-corrected chi connectivity index (χ4v) is 4.85. The molecule has 0 aliphatic rings. The molecule has 0 aliphatic carbocycles. The Hall–Kier alpha value is -4.18. The summed E-state index contributed by atoms with van der Waals surface area (Å²) in [6.45, 7) is 7.74. The van der Waals surface area contributed by atoms with Gasteiger partial charge in [-0.1, -0.05) is 37.3 Å². The molecule has 0 aliphatic heterocycles. The number of carbonyl (C=O) groups excluding carboxylic acids is 3. The molecule has 1 atom stereocenters. The van der Waals surface area contributed by atoms with E-state index in [-0.39, 0.29) is 22.2 Å². The fraction of sp³-hybridized carbons (Fsp3) is 0.259. The lowest BCUT2D eigenvalue weighted by molar-refractivity contribution is -0.124. The average Bonchev–Trinajstić information content (AvgIpc) is 3.45. The van der Waals surface area contributed by atoms with Gasteiger partial charge in [0.15, 0.2) is 5.69 Å². The lowest BCUT2D eigenvalue weighted by Crippen LogP contribution is -2.50. The molecule has 4 aromatic rings. The van der Waals surface area contributed by atoms with Crippen molar-refractivity contribution in [3.8, 4) is 0 Å². The number of H-pyrrole nitrogens is 1. The lowest BCUT2D eigenvalue weighted by Gasteiger charge is -2.34. The number of rotatable bonds is 8. The second-order valence-electron chi connectivity index (χ2n) is 9.57. The van der Waals surface area contributed by atoms with Gasteiger partial charge in [0.1, 0.15) is 10.9 Å². The van der Waals surface area contributed by atoms with Crippen LogP contribution in [0.5, 0.6) is 0 Å². The molecule has 0 radical (unpaired) electrons. The third kappa shape index (κ3) is 5.05. The van der Waals surface area contributed by atoms with Gasteiger partial charge in [0, 0.05) is 33.9 Å². The number of primary amides is 1. The SMILES string of the molecule is CCC(C)(C)NC(=O)[C@H](c1c[nH]c2ccccc12)N(C(=O)c1snc(C(N)=O)c1N)c1cccc(C)c1. The van der Waals surface area contributed by atoms with E-state index in [0.717, 1.165) is 28.0 Å². The van der Waals surface area contributed by atoms with Gasteiger partial charge < -0.3 is 21.8 Å². The maximum atomic E-state index is 14.2. The number of carbonyl (C=O) groups is 3. The first-order valence-corrected chi connectivity index (χ1v) is 12.6. The molecule has 37 heavy (non-hydrogen) atoms. The molecule has 10 heteroatoms. The van der Waals surface area contributed by atoms with Crippen molar-refractivity contribution in [1.29, 1.82) is 0 Å². The number of amides is 3. The van der Waals surface area contributed by atoms with Crippen LogP contribution in [0.25, 0.3) is 10.9 Å². The molecule has 0 bridgehead atoms. The normalized spacial score (nSPS) is 12.3. The average molecular weight is 519 g/mol. The lowest BCUT2D eigenvalue weighted by atomic mass is 9.97. The van der Waals surface area contributed by atoms with Gasteiger partial charge in [-0.3, -0.25) is 19.3 Å². The highest BCUT2D eigenvalue weighted by atomic mass is 32.1. The van der Waals surface area contributed by atoms with Crippen LogP contribution in [0.4, 0.5) is 11.4 Å². The summed E-state index contributed by atoms with van der Waals surface area (Å²) in [4.78, 5) is 44.7. The van der Waals surface area contributed by atoms with Crippen molar-refractivity contribution >= 4 is 51.5 Å². The predicted molar refractivity (Wildman–Crippen MR) is 147 cm³/mol. The van der Waals surface area contributed by atoms with Crippen molar-refractivity contribution in [1.82, 2.24) is 14.7 Å². The number of aromatic amines is 1. The van der Waals surface area contributed by atoms with Crippen LogP contribution in [0.3, 0.4) is 0 Å². The van der Waals surface area contributed by atoms with Crippen LogP contribution in [-0.4, -0.2) is 32.6 Å². The second kappa shape index (κ2) is 10.1. The van der Waals surface area contributed by atoms with Crippen LogP contribution in [0.1, 0.15) is 64.5 Å². The van der Waals surface area contributed by atoms with Crippen molar-refractivity contribution in [2.75, 3.05) is 10.6 Å². The van der Waals surface area contributed by atoms with Crippen molar-refractivity contribution in [2.24, 2.45) is 5.73 Å². The Morgan fingerprint density at radius 3 is 2.54 bits per heavy atom. The Labute approximate surface area is 219 Å². The Kier molecular flexibility index (Phi) is 7.04. The summed E-state index contributed by atoms with van der Waals surface area (Å²) >= 11 is 0.781. The summed E-state index contributed by atoms with van der Waals surface area (Å²) in [5.41, 5.74) is 13.6. The van der Waals surface area contributed by atoms with E-state index in [1.165, 1.54) is 4.90 Å². The number of para-hydroxylation sites is 1. The summed E-state index contributed by atoms with van der Waals surface area (Å²) in [6.07, 6.45) is 2.43. The first kappa shape index (κ1) is 25.9. The molecule has 9 nitrogen and oxygen atoms in total. The summed E-state index contributed by atoms with van der Waals surface area (Å²) in [5.74, 6) is -1.75. The predicted octanol–water partition coefficient (Wildman–Crippen LogP) is 4.31. The number of aryl methyl sites for hydroxylation is 1. The molecule has 192 valence electrons. The van der Waals surface area contributed by atoms with Gasteiger partial charge in [0.05, 0.1) is 5.69 Å². The number of aromatic nitrogens is 2. The van der Waals surface area contributed by atoms with Gasteiger partial charge in [-0.05, 0) is 62.5 Å². The number of hydrogen-bond donors (Lipinski definition) is 4. The number of benzene rings is 2. The van der Waals surface area contributed by atoms with Crippen LogP contribution in [0, 0.1) is 6.92 Å². The van der Waals surface area contributed by atoms with Crippen LogP contribution >= 0.6 is 11.5 Å². The van der Waals surface area contributed by atoms with E-state index < -0.39 is 23.4 Å². The Bertz CT molecular complexity index is 1490. The molecule has 2 aromatic heterocycles. The quantitative estimate of drug-likeness (QED) is 0.274. The smallest absolute Gasteiger partial charge is 0.273 e. The zero-order chi connectivity index (χ0) is 26.9. The maximum Gasteiger partial charge on any atom is 0.273 e. The van der Waals surface area contributed by atoms with E-state index >= 15 is 0 Å². The Balaban J connectivity index is 1.96. The van der Waals surface area contributed by atoms with Gasteiger partial charge >= 0.3 is 0 Å². The number of nitrogens with one attached hydrogen (secondary N) is 2. The van der Waals surface area contributed by atoms with Gasteiger partial charge in [-0.25, -0.2) is 0 Å². The molecule has 0 saturated heterocycles. The van der Waals surface area contributed by atoms with Crippen molar-refractivity contribution in [3.05, 3.63) is 76.4 Å². The molecule has 2 heterocycles. The van der Waals surface area contributed by atoms with Gasteiger partial charge in [0.2, 0.25) is 5.91 Å². The first-order valence-electron chi connectivity index (χ1n) is 11.9. The zero-order valence-corrected chi connectivity index (χ0v) is 22.0. The van der Waals surface area contributed by atoms with Crippen molar-refractivity contribution < 1.29 is 14.4 Å². The Morgan fingerprint density at radius 1 is 1.16 bits per heavy atom. The van der Waals surface area contributed by atoms with Crippen LogP contribution < -0.4 is 21.7 Å². The van der Waals surface area contributed by atoms with E-state index in [1.54, 1.807) is 12.3 Å². The molecule has 0 spiro atoms. The van der Waals surface area contributed by atoms with Crippen LogP contribution in [0.15, 0.2) is 54.7 Å². The van der Waals surface area contributed by atoms with E-state index in [1.807, 2.05) is 70.2 Å². The van der Waals surface area contributed by atoms with E-state index in [0.29, 0.717) is 17.7 Å². The number of nitrogen functional groups attached to an aromatic ring is 1. The minimum atomic E-state index is -1.06. The van der Waals surface area contributed by atoms with Gasteiger partial charge in [-0.15, -0.1) is 0 Å². The second-order valence-corrected chi connectivity index (χ2v) is 10.3. The van der Waals surface area contributed by atoms with E-state index in [4.69, 9.17) is 11.5 Å². The van der Waals surface area contributed by atoms with Gasteiger partial charge in [0.25, 0.3) is 11.8 Å². The highest BCUT2D eigenvalue weighted by Crippen LogP contribution is 2.36. The summed E-state index contributed by atoms with van der Waals surface area (Å²) in [5, 5.41) is 3.91. The van der Waals surface area contributed by atoms with Gasteiger partial charge in [-0.2, -0.15) is 4.37 Å². The van der Waals surface area contributed by atoms with E-state index in [9.17, 15) is 14.4 Å². The molecule has 0 fully saturated rings. The Morgan fingerprint density at radius 2 is 1.89 bits per heavy atom. The van der Waals surface area contributed by atoms with Crippen molar-refractivity contribution in [2.45, 2.75) is 45.7 Å². The summed E-state index contributed by atoms with van der Waals surface area (Å²) in [6, 6.07) is 13.8. The molecule has 6 N–H and O–H groups in total. The minimum Gasteiger partial charge on any atom is -0.395 e. The molecular weight excluding hydrogens is 488 g/mol. The number of hydrogen-bond acceptors (Lipinski definition) is 6. The third-order valence-electron chi connectivity index (χ3n) is 6.42. The molecule has 3 amide bonds. The van der Waals surface area contributed by atoms with Crippen molar-refractivity contribution in [3.63, 3.8) is 0 Å². The summed E-state index contributed by atoms with van der Waals surface area (Å²) < 4.78 is 4.01. The fourth-order valence-electron chi connectivity index (χ4n) is 4.11. The highest BCUT2D eigenvalue weighted by Gasteiger charge is 2.38. The topological polar surface area (TPSA) is 147 Å². The molecular formula is C27H30N6O3S. The molecule has 4 rings (SSSR count). The number of nitrogens with two attached hydrogens (primary N) is 2. The summed E-state index contributed by atoms with van der Waals surface area (Å²) in [7, 11) is 0. The zero-order valence-electron chi connectivity index (χ0n) is 21.2. The standard InChI is InChI=1S/C27H30N6O3S/c1-5-27(3,4)31-25(35)22(18-14-30-19-12-7-6-11-17(18)19)33(16-10-8-9-15(2)13-16)26(36)23-20(28)21(24(29)34)32-37-23/h6-14,22,30H,5,28H2,1-4H3,(H2,29,34)(H,31,35)/t22-/m0/s1.